The fourth-order valence-corrected chi connectivity index (χ4v) is 2.49. The molecule has 0 spiro atoms. The summed E-state index contributed by atoms with van der Waals surface area (Å²) in [6.07, 6.45) is 0. The SMILES string of the molecule is Cc1cccc(F)c1NCc1cccc2ccccc12. The fourth-order valence-electron chi connectivity index (χ4n) is 2.49. The standard InChI is InChI=1S/C18H16FN/c1-13-6-4-11-17(19)18(13)20-12-15-9-5-8-14-7-2-3-10-16(14)15/h2-11,20H,12H2,1H3. The van der Waals surface area contributed by atoms with Crippen molar-refractivity contribution in [2.45, 2.75) is 13.5 Å². The highest BCUT2D eigenvalue weighted by molar-refractivity contribution is 5.85. The number of rotatable bonds is 3. The largest absolute Gasteiger partial charge is 0.378 e. The predicted molar refractivity (Wildman–Crippen MR) is 82.4 cm³/mol. The van der Waals surface area contributed by atoms with Gasteiger partial charge in [0, 0.05) is 6.54 Å². The summed E-state index contributed by atoms with van der Waals surface area (Å²) in [5, 5.41) is 5.63. The van der Waals surface area contributed by atoms with Crippen LogP contribution in [-0.4, -0.2) is 0 Å². The second-order valence-corrected chi connectivity index (χ2v) is 4.92. The van der Waals surface area contributed by atoms with E-state index in [9.17, 15) is 4.39 Å². The quantitative estimate of drug-likeness (QED) is 0.710. The molecule has 3 rings (SSSR count). The molecule has 3 aromatic rings. The summed E-state index contributed by atoms with van der Waals surface area (Å²) in [5.74, 6) is -0.203. The maximum Gasteiger partial charge on any atom is 0.146 e. The number of anilines is 1. The van der Waals surface area contributed by atoms with Crippen molar-refractivity contribution in [1.29, 1.82) is 0 Å². The van der Waals surface area contributed by atoms with E-state index in [2.05, 4.69) is 29.6 Å². The van der Waals surface area contributed by atoms with Crippen LogP contribution in [0, 0.1) is 12.7 Å². The molecule has 0 amide bonds. The monoisotopic (exact) mass is 265 g/mol. The number of fused-ring (bicyclic) bond motifs is 1. The number of hydrogen-bond acceptors (Lipinski definition) is 1. The van der Waals surface area contributed by atoms with E-state index in [1.807, 2.05) is 31.2 Å². The first-order valence-electron chi connectivity index (χ1n) is 6.71. The molecule has 0 bridgehead atoms. The lowest BCUT2D eigenvalue weighted by atomic mass is 10.0. The average molecular weight is 265 g/mol. The number of halogens is 1. The summed E-state index contributed by atoms with van der Waals surface area (Å²) >= 11 is 0. The van der Waals surface area contributed by atoms with E-state index in [0.29, 0.717) is 12.2 Å². The van der Waals surface area contributed by atoms with Crippen molar-refractivity contribution in [1.82, 2.24) is 0 Å². The molecule has 0 heterocycles. The first-order chi connectivity index (χ1) is 9.75. The Morgan fingerprint density at radius 2 is 1.65 bits per heavy atom. The van der Waals surface area contributed by atoms with Crippen LogP contribution >= 0.6 is 0 Å². The Hall–Kier alpha value is -2.35. The van der Waals surface area contributed by atoms with Gasteiger partial charge in [0.25, 0.3) is 0 Å². The average Bonchev–Trinajstić information content (AvgIpc) is 2.47. The highest BCUT2D eigenvalue weighted by Crippen LogP contribution is 2.22. The Balaban J connectivity index is 1.91. The van der Waals surface area contributed by atoms with Crippen LogP contribution in [0.4, 0.5) is 10.1 Å². The number of nitrogens with one attached hydrogen (secondary N) is 1. The van der Waals surface area contributed by atoms with Gasteiger partial charge in [0.05, 0.1) is 5.69 Å². The number of aryl methyl sites for hydroxylation is 1. The van der Waals surface area contributed by atoms with Crippen molar-refractivity contribution in [3.8, 4) is 0 Å². The Kier molecular flexibility index (Phi) is 3.38. The Labute approximate surface area is 118 Å². The highest BCUT2D eigenvalue weighted by Gasteiger charge is 2.05. The molecule has 1 nitrogen and oxygen atoms in total. The smallest absolute Gasteiger partial charge is 0.146 e. The molecule has 0 saturated carbocycles. The van der Waals surface area contributed by atoms with Crippen molar-refractivity contribution in [2.75, 3.05) is 5.32 Å². The topological polar surface area (TPSA) is 12.0 Å². The van der Waals surface area contributed by atoms with E-state index in [1.165, 1.54) is 22.4 Å². The normalized spacial score (nSPS) is 10.7. The molecule has 0 fully saturated rings. The third-order valence-corrected chi connectivity index (χ3v) is 3.56. The highest BCUT2D eigenvalue weighted by atomic mass is 19.1. The minimum atomic E-state index is -0.203. The van der Waals surface area contributed by atoms with Crippen LogP contribution in [0.2, 0.25) is 0 Å². The number of para-hydroxylation sites is 1. The molecule has 20 heavy (non-hydrogen) atoms. The molecular formula is C18H16FN. The summed E-state index contributed by atoms with van der Waals surface area (Å²) < 4.78 is 13.8. The third-order valence-electron chi connectivity index (χ3n) is 3.56. The van der Waals surface area contributed by atoms with Crippen molar-refractivity contribution < 1.29 is 4.39 Å². The number of hydrogen-bond donors (Lipinski definition) is 1. The van der Waals surface area contributed by atoms with Gasteiger partial charge in [-0.25, -0.2) is 4.39 Å². The summed E-state index contributed by atoms with van der Waals surface area (Å²) in [5.41, 5.74) is 2.68. The van der Waals surface area contributed by atoms with Crippen LogP contribution in [0.1, 0.15) is 11.1 Å². The summed E-state index contributed by atoms with van der Waals surface area (Å²) in [4.78, 5) is 0. The second kappa shape index (κ2) is 5.33. The molecule has 0 aliphatic carbocycles. The van der Waals surface area contributed by atoms with Gasteiger partial charge in [-0.2, -0.15) is 0 Å². The van der Waals surface area contributed by atoms with Gasteiger partial charge in [-0.1, -0.05) is 54.6 Å². The van der Waals surface area contributed by atoms with Crippen LogP contribution in [-0.2, 0) is 6.54 Å². The lowest BCUT2D eigenvalue weighted by molar-refractivity contribution is 0.629. The van der Waals surface area contributed by atoms with Gasteiger partial charge in [0.15, 0.2) is 0 Å². The molecule has 0 saturated heterocycles. The van der Waals surface area contributed by atoms with Crippen molar-refractivity contribution in [3.63, 3.8) is 0 Å². The molecule has 2 heteroatoms. The third kappa shape index (κ3) is 2.37. The molecule has 0 aromatic heterocycles. The lowest BCUT2D eigenvalue weighted by Gasteiger charge is -2.12. The predicted octanol–water partition coefficient (Wildman–Crippen LogP) is 4.90. The van der Waals surface area contributed by atoms with Crippen molar-refractivity contribution in [3.05, 3.63) is 77.6 Å². The molecule has 0 radical (unpaired) electrons. The first-order valence-corrected chi connectivity index (χ1v) is 6.71. The van der Waals surface area contributed by atoms with Gasteiger partial charge in [-0.05, 0) is 34.9 Å². The Morgan fingerprint density at radius 1 is 0.900 bits per heavy atom. The van der Waals surface area contributed by atoms with E-state index >= 15 is 0 Å². The summed E-state index contributed by atoms with van der Waals surface area (Å²) in [7, 11) is 0. The molecule has 0 aliphatic rings. The van der Waals surface area contributed by atoms with E-state index in [-0.39, 0.29) is 5.82 Å². The molecule has 0 unspecified atom stereocenters. The Morgan fingerprint density at radius 3 is 2.50 bits per heavy atom. The van der Waals surface area contributed by atoms with Gasteiger partial charge in [-0.3, -0.25) is 0 Å². The van der Waals surface area contributed by atoms with Crippen molar-refractivity contribution >= 4 is 16.5 Å². The molecule has 100 valence electrons. The van der Waals surface area contributed by atoms with Crippen LogP contribution in [0.5, 0.6) is 0 Å². The summed E-state index contributed by atoms with van der Waals surface area (Å²) in [6.45, 7) is 2.53. The van der Waals surface area contributed by atoms with E-state index in [4.69, 9.17) is 0 Å². The molecular weight excluding hydrogens is 249 g/mol. The lowest BCUT2D eigenvalue weighted by Crippen LogP contribution is -2.03. The summed E-state index contributed by atoms with van der Waals surface area (Å²) in [6, 6.07) is 19.6. The van der Waals surface area contributed by atoms with Gasteiger partial charge in [0.2, 0.25) is 0 Å². The van der Waals surface area contributed by atoms with E-state index in [0.717, 1.165) is 5.56 Å². The molecule has 0 aliphatic heterocycles. The molecule has 3 aromatic carbocycles. The zero-order chi connectivity index (χ0) is 13.9. The van der Waals surface area contributed by atoms with Crippen molar-refractivity contribution in [2.24, 2.45) is 0 Å². The number of benzene rings is 3. The maximum absolute atomic E-state index is 13.8. The fraction of sp³-hybridized carbons (Fsp3) is 0.111. The first kappa shape index (κ1) is 12.7. The van der Waals surface area contributed by atoms with E-state index in [1.54, 1.807) is 6.07 Å². The van der Waals surface area contributed by atoms with E-state index < -0.39 is 0 Å². The maximum atomic E-state index is 13.8. The van der Waals surface area contributed by atoms with Crippen LogP contribution in [0.3, 0.4) is 0 Å². The molecule has 1 N–H and O–H groups in total. The van der Waals surface area contributed by atoms with Crippen LogP contribution in [0.25, 0.3) is 10.8 Å². The zero-order valence-corrected chi connectivity index (χ0v) is 11.4. The molecule has 0 atom stereocenters. The minimum absolute atomic E-state index is 0.203. The van der Waals surface area contributed by atoms with Gasteiger partial charge < -0.3 is 5.32 Å². The zero-order valence-electron chi connectivity index (χ0n) is 11.4. The minimum Gasteiger partial charge on any atom is -0.378 e. The van der Waals surface area contributed by atoms with Gasteiger partial charge in [-0.15, -0.1) is 0 Å². The van der Waals surface area contributed by atoms with Crippen LogP contribution < -0.4 is 5.32 Å². The Bertz CT molecular complexity index is 724. The van der Waals surface area contributed by atoms with Gasteiger partial charge >= 0.3 is 0 Å². The van der Waals surface area contributed by atoms with Gasteiger partial charge in [0.1, 0.15) is 5.82 Å². The van der Waals surface area contributed by atoms with Crippen LogP contribution in [0.15, 0.2) is 60.7 Å². The second-order valence-electron chi connectivity index (χ2n) is 4.92.